The molecule has 6 heteroatoms. The first kappa shape index (κ1) is 14.2. The van der Waals surface area contributed by atoms with Gasteiger partial charge in [0, 0.05) is 12.2 Å². The van der Waals surface area contributed by atoms with Gasteiger partial charge in [-0.2, -0.15) is 10.5 Å². The molecule has 0 aliphatic heterocycles. The van der Waals surface area contributed by atoms with Crippen LogP contribution in [0, 0.1) is 22.7 Å². The molecule has 2 amide bonds. The number of carbonyl (C=O) groups is 2. The second-order valence-electron chi connectivity index (χ2n) is 3.54. The van der Waals surface area contributed by atoms with Gasteiger partial charge in [0.25, 0.3) is 0 Å². The highest BCUT2D eigenvalue weighted by Crippen LogP contribution is 2.13. The Morgan fingerprint density at radius 2 is 1.84 bits per heavy atom. The van der Waals surface area contributed by atoms with Crippen molar-refractivity contribution in [1.29, 1.82) is 10.5 Å². The predicted molar refractivity (Wildman–Crippen MR) is 67.6 cm³/mol. The first-order chi connectivity index (χ1) is 9.20. The lowest BCUT2D eigenvalue weighted by Crippen LogP contribution is -2.43. The van der Waals surface area contributed by atoms with E-state index in [-0.39, 0.29) is 19.5 Å². The van der Waals surface area contributed by atoms with Gasteiger partial charge in [0.1, 0.15) is 6.54 Å². The molecule has 6 nitrogen and oxygen atoms in total. The summed E-state index contributed by atoms with van der Waals surface area (Å²) in [5.41, 5.74) is 0.537. The Hall–Kier alpha value is -2.86. The maximum absolute atomic E-state index is 12.0. The van der Waals surface area contributed by atoms with Crippen molar-refractivity contribution in [2.45, 2.75) is 6.42 Å². The van der Waals surface area contributed by atoms with Crippen molar-refractivity contribution in [2.75, 3.05) is 18.0 Å². The van der Waals surface area contributed by atoms with Gasteiger partial charge in [-0.3, -0.25) is 9.59 Å². The Balaban J connectivity index is 2.86. The minimum atomic E-state index is -0.858. The van der Waals surface area contributed by atoms with Crippen molar-refractivity contribution in [1.82, 2.24) is 5.32 Å². The van der Waals surface area contributed by atoms with Crippen molar-refractivity contribution in [2.24, 2.45) is 0 Å². The normalized spacial score (nSPS) is 8.95. The highest BCUT2D eigenvalue weighted by Gasteiger charge is 2.22. The number of nitriles is 2. The number of benzene rings is 1. The lowest BCUT2D eigenvalue weighted by atomic mass is 10.2. The molecule has 96 valence electrons. The lowest BCUT2D eigenvalue weighted by Gasteiger charge is -2.20. The second kappa shape index (κ2) is 7.46. The third-order valence-corrected chi connectivity index (χ3v) is 2.28. The summed E-state index contributed by atoms with van der Waals surface area (Å²) in [6, 6.07) is 12.2. The van der Waals surface area contributed by atoms with Crippen LogP contribution in [0.25, 0.3) is 0 Å². The monoisotopic (exact) mass is 256 g/mol. The molecular formula is C13H12N4O2. The summed E-state index contributed by atoms with van der Waals surface area (Å²) in [4.78, 5) is 24.7. The van der Waals surface area contributed by atoms with Crippen molar-refractivity contribution in [3.05, 3.63) is 30.3 Å². The Labute approximate surface area is 110 Å². The summed E-state index contributed by atoms with van der Waals surface area (Å²) in [5.74, 6) is -1.64. The van der Waals surface area contributed by atoms with Crippen LogP contribution in [0.15, 0.2) is 30.3 Å². The molecule has 1 rings (SSSR count). The number of hydrogen-bond donors (Lipinski definition) is 1. The van der Waals surface area contributed by atoms with Gasteiger partial charge in [-0.15, -0.1) is 0 Å². The third-order valence-electron chi connectivity index (χ3n) is 2.28. The fraction of sp³-hybridized carbons (Fsp3) is 0.231. The highest BCUT2D eigenvalue weighted by atomic mass is 16.2. The zero-order valence-corrected chi connectivity index (χ0v) is 10.2. The molecular weight excluding hydrogens is 244 g/mol. The lowest BCUT2D eigenvalue weighted by molar-refractivity contribution is -0.137. The van der Waals surface area contributed by atoms with E-state index >= 15 is 0 Å². The Kier molecular flexibility index (Phi) is 5.58. The van der Waals surface area contributed by atoms with E-state index in [9.17, 15) is 9.59 Å². The van der Waals surface area contributed by atoms with Crippen LogP contribution >= 0.6 is 0 Å². The van der Waals surface area contributed by atoms with Gasteiger partial charge < -0.3 is 10.2 Å². The summed E-state index contributed by atoms with van der Waals surface area (Å²) in [5, 5.41) is 19.1. The number of nitrogens with zero attached hydrogens (tertiary/aromatic N) is 3. The van der Waals surface area contributed by atoms with Crippen LogP contribution in [0.1, 0.15) is 6.42 Å². The molecule has 1 aromatic rings. The van der Waals surface area contributed by atoms with Gasteiger partial charge in [0.15, 0.2) is 0 Å². The van der Waals surface area contributed by atoms with E-state index < -0.39 is 11.8 Å². The van der Waals surface area contributed by atoms with Crippen molar-refractivity contribution in [3.8, 4) is 12.1 Å². The average molecular weight is 256 g/mol. The zero-order chi connectivity index (χ0) is 14.1. The number of anilines is 1. The fourth-order valence-electron chi connectivity index (χ4n) is 1.44. The molecule has 0 radical (unpaired) electrons. The van der Waals surface area contributed by atoms with Crippen LogP contribution in [-0.2, 0) is 9.59 Å². The predicted octanol–water partition coefficient (Wildman–Crippen LogP) is 0.573. The van der Waals surface area contributed by atoms with Crippen LogP contribution in [0.4, 0.5) is 5.69 Å². The molecule has 0 aliphatic carbocycles. The molecule has 0 atom stereocenters. The smallest absolute Gasteiger partial charge is 0.316 e. The van der Waals surface area contributed by atoms with Gasteiger partial charge in [-0.05, 0) is 12.1 Å². The molecule has 0 unspecified atom stereocenters. The molecule has 1 aromatic carbocycles. The van der Waals surface area contributed by atoms with Gasteiger partial charge in [-0.25, -0.2) is 0 Å². The van der Waals surface area contributed by atoms with Gasteiger partial charge in [0.2, 0.25) is 0 Å². The molecule has 19 heavy (non-hydrogen) atoms. The van der Waals surface area contributed by atoms with Crippen LogP contribution in [-0.4, -0.2) is 24.9 Å². The summed E-state index contributed by atoms with van der Waals surface area (Å²) >= 11 is 0. The zero-order valence-electron chi connectivity index (χ0n) is 10.2. The van der Waals surface area contributed by atoms with Crippen molar-refractivity contribution >= 4 is 17.5 Å². The maximum Gasteiger partial charge on any atom is 0.316 e. The topological polar surface area (TPSA) is 97.0 Å². The number of carbonyl (C=O) groups excluding carboxylic acids is 2. The van der Waals surface area contributed by atoms with E-state index in [0.29, 0.717) is 5.69 Å². The second-order valence-corrected chi connectivity index (χ2v) is 3.54. The molecule has 0 bridgehead atoms. The van der Waals surface area contributed by atoms with E-state index in [0.717, 1.165) is 0 Å². The molecule has 0 fully saturated rings. The Morgan fingerprint density at radius 1 is 1.16 bits per heavy atom. The quantitative estimate of drug-likeness (QED) is 0.629. The molecule has 0 aliphatic rings. The molecule has 0 heterocycles. The fourth-order valence-corrected chi connectivity index (χ4v) is 1.44. The summed E-state index contributed by atoms with van der Waals surface area (Å²) in [6.45, 7) is -0.106. The van der Waals surface area contributed by atoms with Crippen LogP contribution in [0.2, 0.25) is 0 Å². The van der Waals surface area contributed by atoms with E-state index in [4.69, 9.17) is 10.5 Å². The molecule has 0 spiro atoms. The van der Waals surface area contributed by atoms with E-state index in [1.165, 1.54) is 4.90 Å². The summed E-state index contributed by atoms with van der Waals surface area (Å²) in [6.07, 6.45) is 0.117. The van der Waals surface area contributed by atoms with Crippen LogP contribution < -0.4 is 10.2 Å². The number of hydrogen-bond acceptors (Lipinski definition) is 4. The van der Waals surface area contributed by atoms with Gasteiger partial charge >= 0.3 is 11.8 Å². The van der Waals surface area contributed by atoms with E-state index in [2.05, 4.69) is 5.32 Å². The number of rotatable bonds is 4. The molecule has 0 saturated heterocycles. The Bertz CT molecular complexity index is 528. The molecule has 1 N–H and O–H groups in total. The Morgan fingerprint density at radius 3 is 2.42 bits per heavy atom. The SMILES string of the molecule is N#CCCN(C(=O)C(=O)NCC#N)c1ccccc1. The third kappa shape index (κ3) is 4.14. The average Bonchev–Trinajstić information content (AvgIpc) is 2.46. The van der Waals surface area contributed by atoms with Crippen LogP contribution in [0.3, 0.4) is 0 Å². The number of nitrogens with one attached hydrogen (secondary N) is 1. The molecule has 0 aromatic heterocycles. The van der Waals surface area contributed by atoms with Crippen molar-refractivity contribution < 1.29 is 9.59 Å². The standard InChI is InChI=1S/C13H12N4O2/c14-7-4-10-17(11-5-2-1-3-6-11)13(19)12(18)16-9-8-15/h1-3,5-6H,4,9-10H2,(H,16,18). The minimum absolute atomic E-state index is 0.117. The summed E-state index contributed by atoms with van der Waals surface area (Å²) < 4.78 is 0. The first-order valence-corrected chi connectivity index (χ1v) is 5.59. The number of amides is 2. The minimum Gasteiger partial charge on any atom is -0.335 e. The van der Waals surface area contributed by atoms with Gasteiger partial charge in [0.05, 0.1) is 18.6 Å². The van der Waals surface area contributed by atoms with Crippen molar-refractivity contribution in [3.63, 3.8) is 0 Å². The van der Waals surface area contributed by atoms with Gasteiger partial charge in [-0.1, -0.05) is 18.2 Å². The number of para-hydroxylation sites is 1. The van der Waals surface area contributed by atoms with E-state index in [1.54, 1.807) is 36.4 Å². The van der Waals surface area contributed by atoms with Crippen LogP contribution in [0.5, 0.6) is 0 Å². The first-order valence-electron chi connectivity index (χ1n) is 5.59. The maximum atomic E-state index is 12.0. The summed E-state index contributed by atoms with van der Waals surface area (Å²) in [7, 11) is 0. The van der Waals surface area contributed by atoms with E-state index in [1.807, 2.05) is 6.07 Å². The largest absolute Gasteiger partial charge is 0.335 e. The molecule has 0 saturated carbocycles. The highest BCUT2D eigenvalue weighted by molar-refractivity contribution is 6.40.